The molecule has 1 aliphatic heterocycles. The van der Waals surface area contributed by atoms with Crippen LogP contribution in [0.2, 0.25) is 0 Å². The van der Waals surface area contributed by atoms with Crippen LogP contribution < -0.4 is 10.8 Å². The Balaban J connectivity index is 2.59. The first-order valence-corrected chi connectivity index (χ1v) is 3.54. The van der Waals surface area contributed by atoms with Gasteiger partial charge in [-0.25, -0.2) is 4.39 Å². The van der Waals surface area contributed by atoms with Crippen LogP contribution >= 0.6 is 0 Å². The average molecular weight is 161 g/mol. The van der Waals surface area contributed by atoms with Gasteiger partial charge in [-0.2, -0.15) is 0 Å². The Kier molecular flexibility index (Phi) is 1.43. The number of benzene rings is 1. The Labute approximate surface area is 70.2 Å². The highest BCUT2D eigenvalue weighted by molar-refractivity contribution is 6.32. The zero-order valence-corrected chi connectivity index (χ0v) is 6.23. The summed E-state index contributed by atoms with van der Waals surface area (Å²) < 4.78 is 13.1. The Morgan fingerprint density at radius 1 is 1.50 bits per heavy atom. The van der Waals surface area contributed by atoms with E-state index in [1.165, 1.54) is 6.07 Å². The van der Waals surface area contributed by atoms with E-state index in [0.29, 0.717) is 16.7 Å². The van der Waals surface area contributed by atoms with Crippen molar-refractivity contribution >= 4 is 24.9 Å². The van der Waals surface area contributed by atoms with E-state index < -0.39 is 5.82 Å². The van der Waals surface area contributed by atoms with Gasteiger partial charge < -0.3 is 5.32 Å². The molecule has 0 atom stereocenters. The Morgan fingerprint density at radius 2 is 2.25 bits per heavy atom. The maximum absolute atomic E-state index is 13.1. The number of carbonyl (C=O) groups is 1. The molecule has 2 nitrogen and oxygen atoms in total. The predicted molar refractivity (Wildman–Crippen MR) is 44.1 cm³/mol. The van der Waals surface area contributed by atoms with Crippen LogP contribution in [-0.2, 0) is 11.2 Å². The third-order valence-corrected chi connectivity index (χ3v) is 1.83. The summed E-state index contributed by atoms with van der Waals surface area (Å²) in [5, 5.41) is 2.52. The molecule has 2 radical (unpaired) electrons. The molecule has 0 aromatic heterocycles. The van der Waals surface area contributed by atoms with Crippen molar-refractivity contribution < 1.29 is 9.18 Å². The summed E-state index contributed by atoms with van der Waals surface area (Å²) in [6, 6.07) is 2.78. The van der Waals surface area contributed by atoms with Crippen molar-refractivity contribution in [2.75, 3.05) is 5.32 Å². The highest BCUT2D eigenvalue weighted by Crippen LogP contribution is 2.23. The normalized spacial score (nSPS) is 14.2. The molecule has 2 rings (SSSR count). The van der Waals surface area contributed by atoms with Crippen LogP contribution in [0.5, 0.6) is 0 Å². The van der Waals surface area contributed by atoms with Gasteiger partial charge in [0.15, 0.2) is 0 Å². The molecule has 4 heteroatoms. The molecule has 1 N–H and O–H groups in total. The molecule has 1 aliphatic rings. The Bertz CT molecular complexity index is 364. The van der Waals surface area contributed by atoms with E-state index in [1.807, 2.05) is 0 Å². The summed E-state index contributed by atoms with van der Waals surface area (Å²) in [6.07, 6.45) is 0.113. The van der Waals surface area contributed by atoms with E-state index in [0.717, 1.165) is 0 Å². The van der Waals surface area contributed by atoms with Gasteiger partial charge >= 0.3 is 0 Å². The number of fused-ring (bicyclic) bond motifs is 1. The van der Waals surface area contributed by atoms with E-state index in [2.05, 4.69) is 5.32 Å². The molecule has 0 fully saturated rings. The van der Waals surface area contributed by atoms with Gasteiger partial charge in [0, 0.05) is 11.3 Å². The highest BCUT2D eigenvalue weighted by Gasteiger charge is 2.20. The van der Waals surface area contributed by atoms with Crippen LogP contribution in [0, 0.1) is 5.82 Å². The summed E-state index contributed by atoms with van der Waals surface area (Å²) in [4.78, 5) is 10.8. The molecule has 0 aliphatic carbocycles. The molecule has 0 saturated heterocycles. The second kappa shape index (κ2) is 2.34. The van der Waals surface area contributed by atoms with Gasteiger partial charge in [0.05, 0.1) is 6.42 Å². The SMILES string of the molecule is [B]c1cc(F)c2c(c1)NC(=O)C2. The minimum atomic E-state index is -0.414. The zero-order chi connectivity index (χ0) is 8.72. The second-order valence-corrected chi connectivity index (χ2v) is 2.75. The Morgan fingerprint density at radius 3 is 3.00 bits per heavy atom. The number of anilines is 1. The first kappa shape index (κ1) is 7.34. The summed E-state index contributed by atoms with van der Waals surface area (Å²) in [5.41, 5.74) is 1.24. The van der Waals surface area contributed by atoms with Crippen molar-refractivity contribution in [1.82, 2.24) is 0 Å². The molecular weight excluding hydrogens is 156 g/mol. The van der Waals surface area contributed by atoms with Crippen molar-refractivity contribution in [3.63, 3.8) is 0 Å². The van der Waals surface area contributed by atoms with Crippen molar-refractivity contribution in [3.05, 3.63) is 23.5 Å². The van der Waals surface area contributed by atoms with Gasteiger partial charge in [0.2, 0.25) is 5.91 Å². The first-order chi connectivity index (χ1) is 5.66. The van der Waals surface area contributed by atoms with Gasteiger partial charge in [-0.15, -0.1) is 0 Å². The molecule has 58 valence electrons. The number of halogens is 1. The number of nitrogens with one attached hydrogen (secondary N) is 1. The number of rotatable bonds is 0. The van der Waals surface area contributed by atoms with E-state index in [4.69, 9.17) is 7.85 Å². The molecular formula is C8H5BFNO. The lowest BCUT2D eigenvalue weighted by atomic mass is 9.94. The van der Waals surface area contributed by atoms with Gasteiger partial charge in [-0.05, 0) is 12.1 Å². The molecule has 1 aromatic rings. The van der Waals surface area contributed by atoms with Crippen LogP contribution in [0.1, 0.15) is 5.56 Å². The monoisotopic (exact) mass is 161 g/mol. The molecule has 0 unspecified atom stereocenters. The smallest absolute Gasteiger partial charge is 0.228 e. The number of hydrogen-bond donors (Lipinski definition) is 1. The maximum Gasteiger partial charge on any atom is 0.228 e. The third kappa shape index (κ3) is 0.997. The first-order valence-electron chi connectivity index (χ1n) is 3.54. The van der Waals surface area contributed by atoms with Crippen LogP contribution in [0.4, 0.5) is 10.1 Å². The van der Waals surface area contributed by atoms with Crippen LogP contribution in [0.3, 0.4) is 0 Å². The van der Waals surface area contributed by atoms with Crippen molar-refractivity contribution in [1.29, 1.82) is 0 Å². The van der Waals surface area contributed by atoms with Gasteiger partial charge in [0.1, 0.15) is 13.7 Å². The molecule has 0 bridgehead atoms. The van der Waals surface area contributed by atoms with Gasteiger partial charge in [-0.1, -0.05) is 5.46 Å². The molecule has 0 saturated carbocycles. The number of hydrogen-bond acceptors (Lipinski definition) is 1. The third-order valence-electron chi connectivity index (χ3n) is 1.83. The second-order valence-electron chi connectivity index (χ2n) is 2.75. The standard InChI is InChI=1S/C8H5BFNO/c9-4-1-6(10)5-3-8(12)11-7(5)2-4/h1-2H,3H2,(H,11,12). The summed E-state index contributed by atoms with van der Waals surface area (Å²) in [5.74, 6) is -0.599. The van der Waals surface area contributed by atoms with Crippen molar-refractivity contribution in [2.24, 2.45) is 0 Å². The van der Waals surface area contributed by atoms with Crippen molar-refractivity contribution in [2.45, 2.75) is 6.42 Å². The number of amides is 1. The number of carbonyl (C=O) groups excluding carboxylic acids is 1. The van der Waals surface area contributed by atoms with E-state index in [1.54, 1.807) is 6.07 Å². The van der Waals surface area contributed by atoms with Crippen molar-refractivity contribution in [3.8, 4) is 0 Å². The molecule has 0 spiro atoms. The fourth-order valence-electron chi connectivity index (χ4n) is 1.30. The lowest BCUT2D eigenvalue weighted by Gasteiger charge is -2.00. The quantitative estimate of drug-likeness (QED) is 0.537. The van der Waals surface area contributed by atoms with E-state index >= 15 is 0 Å². The zero-order valence-electron chi connectivity index (χ0n) is 6.23. The lowest BCUT2D eigenvalue weighted by Crippen LogP contribution is -2.06. The Hall–Kier alpha value is -1.32. The van der Waals surface area contributed by atoms with Gasteiger partial charge in [-0.3, -0.25) is 4.79 Å². The molecule has 1 amide bonds. The predicted octanol–water partition coefficient (Wildman–Crippen LogP) is 0.114. The van der Waals surface area contributed by atoms with E-state index in [-0.39, 0.29) is 12.3 Å². The maximum atomic E-state index is 13.1. The summed E-state index contributed by atoms with van der Waals surface area (Å²) in [7, 11) is 5.39. The fourth-order valence-corrected chi connectivity index (χ4v) is 1.30. The average Bonchev–Trinajstić information content (AvgIpc) is 2.29. The summed E-state index contributed by atoms with van der Waals surface area (Å²) >= 11 is 0. The molecule has 12 heavy (non-hydrogen) atoms. The fraction of sp³-hybridized carbons (Fsp3) is 0.125. The topological polar surface area (TPSA) is 29.1 Å². The largest absolute Gasteiger partial charge is 0.325 e. The van der Waals surface area contributed by atoms with Crippen LogP contribution in [0.25, 0.3) is 0 Å². The van der Waals surface area contributed by atoms with E-state index in [9.17, 15) is 9.18 Å². The summed E-state index contributed by atoms with van der Waals surface area (Å²) in [6.45, 7) is 0. The van der Waals surface area contributed by atoms with Gasteiger partial charge in [0.25, 0.3) is 0 Å². The molecule has 1 heterocycles. The minimum absolute atomic E-state index is 0.113. The highest BCUT2D eigenvalue weighted by atomic mass is 19.1. The van der Waals surface area contributed by atoms with Crippen LogP contribution in [0.15, 0.2) is 12.1 Å². The van der Waals surface area contributed by atoms with Crippen LogP contribution in [-0.4, -0.2) is 13.8 Å². The molecule has 1 aromatic carbocycles. The minimum Gasteiger partial charge on any atom is -0.325 e. The lowest BCUT2D eigenvalue weighted by molar-refractivity contribution is -0.115.